The number of thiazole rings is 1. The molecule has 0 fully saturated rings. The van der Waals surface area contributed by atoms with Gasteiger partial charge in [-0.3, -0.25) is 9.38 Å². The number of fused-ring (bicyclic) bond motifs is 2. The van der Waals surface area contributed by atoms with Crippen LogP contribution in [0.5, 0.6) is 0 Å². The Morgan fingerprint density at radius 1 is 0.962 bits per heavy atom. The van der Waals surface area contributed by atoms with E-state index in [1.807, 2.05) is 18.5 Å². The fourth-order valence-electron chi connectivity index (χ4n) is 3.06. The second kappa shape index (κ2) is 6.55. The number of thioether (sulfide) groups is 1. The SMILES string of the molecule is c1ccc(-c2csc3nnc(SCc4cccc5cnccc45)n23)cc1. The first-order valence-electron chi connectivity index (χ1n) is 8.22. The predicted octanol–water partition coefficient (Wildman–Crippen LogP) is 5.30. The van der Waals surface area contributed by atoms with Crippen LogP contribution in [0, 0.1) is 0 Å². The van der Waals surface area contributed by atoms with E-state index < -0.39 is 0 Å². The lowest BCUT2D eigenvalue weighted by atomic mass is 10.1. The van der Waals surface area contributed by atoms with Crippen molar-refractivity contribution in [3.63, 3.8) is 0 Å². The van der Waals surface area contributed by atoms with Gasteiger partial charge in [-0.05, 0) is 22.6 Å². The van der Waals surface area contributed by atoms with Crippen molar-refractivity contribution < 1.29 is 0 Å². The number of aromatic nitrogens is 4. The molecule has 0 amide bonds. The Hall–Kier alpha value is -2.70. The van der Waals surface area contributed by atoms with Crippen molar-refractivity contribution in [1.82, 2.24) is 19.6 Å². The third-order valence-electron chi connectivity index (χ3n) is 4.32. The van der Waals surface area contributed by atoms with E-state index in [0.717, 1.165) is 27.0 Å². The molecule has 4 nitrogen and oxygen atoms in total. The van der Waals surface area contributed by atoms with Gasteiger partial charge in [-0.15, -0.1) is 21.5 Å². The average molecular weight is 374 g/mol. The first kappa shape index (κ1) is 15.5. The highest BCUT2D eigenvalue weighted by atomic mass is 32.2. The molecular formula is C20H14N4S2. The minimum atomic E-state index is 0.840. The molecule has 0 aliphatic carbocycles. The Morgan fingerprint density at radius 3 is 2.81 bits per heavy atom. The van der Waals surface area contributed by atoms with Crippen molar-refractivity contribution in [1.29, 1.82) is 0 Å². The van der Waals surface area contributed by atoms with Crippen LogP contribution in [0.2, 0.25) is 0 Å². The predicted molar refractivity (Wildman–Crippen MR) is 108 cm³/mol. The summed E-state index contributed by atoms with van der Waals surface area (Å²) in [7, 11) is 0. The van der Waals surface area contributed by atoms with E-state index in [-0.39, 0.29) is 0 Å². The first-order valence-corrected chi connectivity index (χ1v) is 10.1. The molecule has 6 heteroatoms. The van der Waals surface area contributed by atoms with E-state index in [9.17, 15) is 0 Å². The Balaban J connectivity index is 1.51. The Bertz CT molecular complexity index is 1190. The summed E-state index contributed by atoms with van der Waals surface area (Å²) in [4.78, 5) is 5.14. The molecule has 0 N–H and O–H groups in total. The van der Waals surface area contributed by atoms with E-state index in [2.05, 4.69) is 73.5 Å². The highest BCUT2D eigenvalue weighted by molar-refractivity contribution is 7.98. The summed E-state index contributed by atoms with van der Waals surface area (Å²) in [5.74, 6) is 0.840. The lowest BCUT2D eigenvalue weighted by Crippen LogP contribution is -1.91. The molecule has 2 aromatic carbocycles. The fourth-order valence-corrected chi connectivity index (χ4v) is 4.90. The van der Waals surface area contributed by atoms with E-state index in [0.29, 0.717) is 0 Å². The molecule has 26 heavy (non-hydrogen) atoms. The average Bonchev–Trinajstić information content (AvgIpc) is 3.29. The van der Waals surface area contributed by atoms with Crippen LogP contribution in [-0.4, -0.2) is 19.6 Å². The molecule has 5 rings (SSSR count). The molecule has 0 atom stereocenters. The summed E-state index contributed by atoms with van der Waals surface area (Å²) in [6.45, 7) is 0. The van der Waals surface area contributed by atoms with Gasteiger partial charge in [-0.1, -0.05) is 60.3 Å². The second-order valence-corrected chi connectivity index (χ2v) is 7.67. The van der Waals surface area contributed by atoms with Crippen LogP contribution < -0.4 is 0 Å². The zero-order valence-electron chi connectivity index (χ0n) is 13.7. The van der Waals surface area contributed by atoms with E-state index >= 15 is 0 Å². The molecule has 0 spiro atoms. The summed E-state index contributed by atoms with van der Waals surface area (Å²) < 4.78 is 2.15. The van der Waals surface area contributed by atoms with Crippen molar-refractivity contribution >= 4 is 38.8 Å². The Morgan fingerprint density at radius 2 is 1.88 bits per heavy atom. The molecule has 0 bridgehead atoms. The first-order chi connectivity index (χ1) is 12.9. The van der Waals surface area contributed by atoms with Gasteiger partial charge in [0.1, 0.15) is 0 Å². The number of benzene rings is 2. The molecule has 5 aromatic rings. The van der Waals surface area contributed by atoms with Crippen molar-refractivity contribution in [3.8, 4) is 11.3 Å². The van der Waals surface area contributed by atoms with E-state index in [1.54, 1.807) is 23.1 Å². The maximum atomic E-state index is 4.41. The lowest BCUT2D eigenvalue weighted by Gasteiger charge is -2.06. The summed E-state index contributed by atoms with van der Waals surface area (Å²) in [6, 6.07) is 18.8. The lowest BCUT2D eigenvalue weighted by molar-refractivity contribution is 0.928. The minimum Gasteiger partial charge on any atom is -0.264 e. The summed E-state index contributed by atoms with van der Waals surface area (Å²) >= 11 is 3.34. The van der Waals surface area contributed by atoms with E-state index in [4.69, 9.17) is 0 Å². The third kappa shape index (κ3) is 2.67. The molecular weight excluding hydrogens is 360 g/mol. The van der Waals surface area contributed by atoms with Crippen LogP contribution in [0.4, 0.5) is 0 Å². The Labute approximate surface area is 158 Å². The smallest absolute Gasteiger partial charge is 0.217 e. The molecule has 3 heterocycles. The van der Waals surface area contributed by atoms with Crippen molar-refractivity contribution in [2.24, 2.45) is 0 Å². The summed E-state index contributed by atoms with van der Waals surface area (Å²) in [6.07, 6.45) is 3.75. The Kier molecular flexibility index (Phi) is 3.92. The number of pyridine rings is 1. The van der Waals surface area contributed by atoms with Gasteiger partial charge in [0.15, 0.2) is 5.16 Å². The van der Waals surface area contributed by atoms with Gasteiger partial charge < -0.3 is 0 Å². The molecule has 0 radical (unpaired) electrons. The number of nitrogens with zero attached hydrogens (tertiary/aromatic N) is 4. The van der Waals surface area contributed by atoms with Crippen LogP contribution in [0.3, 0.4) is 0 Å². The number of hydrogen-bond acceptors (Lipinski definition) is 5. The molecule has 3 aromatic heterocycles. The summed E-state index contributed by atoms with van der Waals surface area (Å²) in [5, 5.41) is 14.2. The topological polar surface area (TPSA) is 43.1 Å². The van der Waals surface area contributed by atoms with Crippen molar-refractivity contribution in [3.05, 3.63) is 77.9 Å². The zero-order valence-corrected chi connectivity index (χ0v) is 15.4. The van der Waals surface area contributed by atoms with Crippen molar-refractivity contribution in [2.45, 2.75) is 10.9 Å². The van der Waals surface area contributed by atoms with Crippen LogP contribution >= 0.6 is 23.1 Å². The minimum absolute atomic E-state index is 0.840. The highest BCUT2D eigenvalue weighted by Gasteiger charge is 2.14. The van der Waals surface area contributed by atoms with Gasteiger partial charge in [0, 0.05) is 28.9 Å². The molecule has 126 valence electrons. The highest BCUT2D eigenvalue weighted by Crippen LogP contribution is 2.32. The third-order valence-corrected chi connectivity index (χ3v) is 6.11. The monoisotopic (exact) mass is 374 g/mol. The van der Waals surface area contributed by atoms with Gasteiger partial charge >= 0.3 is 0 Å². The maximum Gasteiger partial charge on any atom is 0.217 e. The maximum absolute atomic E-state index is 4.41. The molecule has 0 aliphatic heterocycles. The van der Waals surface area contributed by atoms with Crippen LogP contribution in [0.1, 0.15) is 5.56 Å². The van der Waals surface area contributed by atoms with Crippen LogP contribution in [0.25, 0.3) is 27.0 Å². The summed E-state index contributed by atoms with van der Waals surface area (Å²) in [5.41, 5.74) is 3.60. The van der Waals surface area contributed by atoms with Gasteiger partial charge in [-0.25, -0.2) is 0 Å². The fraction of sp³-hybridized carbons (Fsp3) is 0.0500. The van der Waals surface area contributed by atoms with Gasteiger partial charge in [0.2, 0.25) is 4.96 Å². The second-order valence-electron chi connectivity index (χ2n) is 5.89. The van der Waals surface area contributed by atoms with Gasteiger partial charge in [0.25, 0.3) is 0 Å². The largest absolute Gasteiger partial charge is 0.264 e. The quantitative estimate of drug-likeness (QED) is 0.401. The van der Waals surface area contributed by atoms with Gasteiger partial charge in [-0.2, -0.15) is 0 Å². The van der Waals surface area contributed by atoms with Crippen LogP contribution in [0.15, 0.2) is 77.5 Å². The van der Waals surface area contributed by atoms with Gasteiger partial charge in [0.05, 0.1) is 5.69 Å². The number of rotatable bonds is 4. The molecule has 0 saturated heterocycles. The van der Waals surface area contributed by atoms with Crippen LogP contribution in [-0.2, 0) is 5.75 Å². The molecule has 0 aliphatic rings. The number of hydrogen-bond donors (Lipinski definition) is 0. The standard InChI is InChI=1S/C20H14N4S2/c1-2-5-14(6-3-1)18-13-26-20-23-22-19(24(18)20)25-12-16-8-4-7-15-11-21-10-9-17(15)16/h1-11,13H,12H2. The normalized spacial score (nSPS) is 11.4. The zero-order chi connectivity index (χ0) is 17.3. The van der Waals surface area contributed by atoms with E-state index in [1.165, 1.54) is 16.5 Å². The molecule has 0 saturated carbocycles. The molecule has 0 unspecified atom stereocenters. The van der Waals surface area contributed by atoms with Crippen molar-refractivity contribution in [2.75, 3.05) is 0 Å².